The Morgan fingerprint density at radius 1 is 0.655 bits per heavy atom. The maximum Gasteiger partial charge on any atom is 0.258 e. The molecule has 0 aliphatic rings. The molecule has 148 valence electrons. The van der Waals surface area contributed by atoms with Crippen molar-refractivity contribution in [2.24, 2.45) is 0 Å². The minimum Gasteiger partial charge on any atom is -0.309 e. The number of nitrogens with zero attached hydrogens (tertiary/aromatic N) is 2. The predicted octanol–water partition coefficient (Wildman–Crippen LogP) is 5.33. The molecule has 0 aliphatic heterocycles. The predicted molar refractivity (Wildman–Crippen MR) is 119 cm³/mol. The molecule has 0 fully saturated rings. The molecular formula is C25H26N2O2. The molecule has 0 radical (unpaired) electrons. The molecule has 0 spiro atoms. The van der Waals surface area contributed by atoms with Crippen LogP contribution in [0.3, 0.4) is 0 Å². The lowest BCUT2D eigenvalue weighted by atomic mass is 10.1. The number of hydrogen-bond acceptors (Lipinski definition) is 2. The summed E-state index contributed by atoms with van der Waals surface area (Å²) in [5.41, 5.74) is 3.80. The van der Waals surface area contributed by atoms with Crippen molar-refractivity contribution >= 4 is 23.2 Å². The van der Waals surface area contributed by atoms with Crippen molar-refractivity contribution < 1.29 is 9.59 Å². The second kappa shape index (κ2) is 9.20. The van der Waals surface area contributed by atoms with Crippen LogP contribution >= 0.6 is 0 Å². The molecular weight excluding hydrogens is 360 g/mol. The summed E-state index contributed by atoms with van der Waals surface area (Å²) in [5.74, 6) is -0.234. The highest BCUT2D eigenvalue weighted by atomic mass is 16.2. The van der Waals surface area contributed by atoms with Crippen molar-refractivity contribution in [1.82, 2.24) is 0 Å². The molecule has 3 aromatic rings. The van der Waals surface area contributed by atoms with E-state index in [1.165, 1.54) is 0 Å². The first-order chi connectivity index (χ1) is 14.0. The molecule has 4 heteroatoms. The number of hydrogen-bond donors (Lipinski definition) is 0. The highest BCUT2D eigenvalue weighted by molar-refractivity contribution is 6.10. The molecule has 0 saturated carbocycles. The first-order valence-corrected chi connectivity index (χ1v) is 9.90. The number of aryl methyl sites for hydroxylation is 1. The molecule has 0 atom stereocenters. The standard InChI is InChI=1S/C25H26N2O2/c1-4-26(22-14-7-6-8-15-22)24(28)20-12-10-13-21(18-20)25(29)27(5-2)23-16-9-11-19(3)17-23/h6-18H,4-5H2,1-3H3. The normalized spacial score (nSPS) is 10.4. The lowest BCUT2D eigenvalue weighted by molar-refractivity contribution is 0.0987. The highest BCUT2D eigenvalue weighted by Gasteiger charge is 2.20. The Bertz CT molecular complexity index is 998. The molecule has 0 aliphatic carbocycles. The van der Waals surface area contributed by atoms with Crippen LogP contribution in [0.4, 0.5) is 11.4 Å². The Morgan fingerprint density at radius 3 is 1.72 bits per heavy atom. The summed E-state index contributed by atoms with van der Waals surface area (Å²) in [6.45, 7) is 6.99. The van der Waals surface area contributed by atoms with Gasteiger partial charge in [-0.15, -0.1) is 0 Å². The summed E-state index contributed by atoms with van der Waals surface area (Å²) in [4.78, 5) is 29.7. The molecule has 0 unspecified atom stereocenters. The summed E-state index contributed by atoms with van der Waals surface area (Å²) >= 11 is 0. The van der Waals surface area contributed by atoms with Gasteiger partial charge in [0.15, 0.2) is 0 Å². The van der Waals surface area contributed by atoms with Crippen LogP contribution < -0.4 is 9.80 Å². The number of benzene rings is 3. The Morgan fingerprint density at radius 2 is 1.17 bits per heavy atom. The monoisotopic (exact) mass is 386 g/mol. The fourth-order valence-corrected chi connectivity index (χ4v) is 3.39. The van der Waals surface area contributed by atoms with Crippen molar-refractivity contribution in [1.29, 1.82) is 0 Å². The van der Waals surface area contributed by atoms with E-state index < -0.39 is 0 Å². The van der Waals surface area contributed by atoms with Gasteiger partial charge in [-0.05, 0) is 68.8 Å². The van der Waals surface area contributed by atoms with Crippen molar-refractivity contribution in [3.8, 4) is 0 Å². The summed E-state index contributed by atoms with van der Waals surface area (Å²) in [6, 6.07) is 24.4. The van der Waals surface area contributed by atoms with Gasteiger partial charge in [0.2, 0.25) is 0 Å². The number of anilines is 2. The van der Waals surface area contributed by atoms with Crippen molar-refractivity contribution in [3.05, 3.63) is 95.6 Å². The lowest BCUT2D eigenvalue weighted by Gasteiger charge is -2.23. The Kier molecular flexibility index (Phi) is 6.45. The van der Waals surface area contributed by atoms with Gasteiger partial charge in [-0.2, -0.15) is 0 Å². The van der Waals surface area contributed by atoms with E-state index in [1.807, 2.05) is 75.4 Å². The molecule has 0 aromatic heterocycles. The second-order valence-corrected chi connectivity index (χ2v) is 6.85. The minimum absolute atomic E-state index is 0.115. The van der Waals surface area contributed by atoms with Crippen LogP contribution in [0.25, 0.3) is 0 Å². The van der Waals surface area contributed by atoms with Crippen LogP contribution in [-0.4, -0.2) is 24.9 Å². The van der Waals surface area contributed by atoms with Gasteiger partial charge >= 0.3 is 0 Å². The van der Waals surface area contributed by atoms with Crippen molar-refractivity contribution in [2.45, 2.75) is 20.8 Å². The number of para-hydroxylation sites is 1. The maximum absolute atomic E-state index is 13.2. The summed E-state index contributed by atoms with van der Waals surface area (Å²) in [6.07, 6.45) is 0. The van der Waals surface area contributed by atoms with E-state index >= 15 is 0 Å². The van der Waals surface area contributed by atoms with Gasteiger partial charge in [0.1, 0.15) is 0 Å². The first-order valence-electron chi connectivity index (χ1n) is 9.90. The average Bonchev–Trinajstić information content (AvgIpc) is 2.75. The third kappa shape index (κ3) is 4.54. The van der Waals surface area contributed by atoms with Gasteiger partial charge < -0.3 is 9.80 Å². The van der Waals surface area contributed by atoms with Gasteiger partial charge in [0.25, 0.3) is 11.8 Å². The Labute approximate surface area is 172 Å². The van der Waals surface area contributed by atoms with E-state index in [0.29, 0.717) is 24.2 Å². The maximum atomic E-state index is 13.2. The molecule has 3 aromatic carbocycles. The van der Waals surface area contributed by atoms with Gasteiger partial charge in [-0.3, -0.25) is 9.59 Å². The second-order valence-electron chi connectivity index (χ2n) is 6.85. The van der Waals surface area contributed by atoms with E-state index in [-0.39, 0.29) is 11.8 Å². The van der Waals surface area contributed by atoms with Gasteiger partial charge in [0, 0.05) is 35.6 Å². The van der Waals surface area contributed by atoms with Crippen LogP contribution in [0.2, 0.25) is 0 Å². The van der Waals surface area contributed by atoms with Gasteiger partial charge in [-0.25, -0.2) is 0 Å². The molecule has 0 heterocycles. The van der Waals surface area contributed by atoms with Crippen LogP contribution in [-0.2, 0) is 0 Å². The van der Waals surface area contributed by atoms with E-state index in [0.717, 1.165) is 16.9 Å². The van der Waals surface area contributed by atoms with Crippen LogP contribution in [0.1, 0.15) is 40.1 Å². The number of carbonyl (C=O) groups excluding carboxylic acids is 2. The molecule has 29 heavy (non-hydrogen) atoms. The Hall–Kier alpha value is -3.40. The van der Waals surface area contributed by atoms with Crippen LogP contribution in [0, 0.1) is 6.92 Å². The van der Waals surface area contributed by atoms with Crippen LogP contribution in [0.15, 0.2) is 78.9 Å². The molecule has 0 saturated heterocycles. The molecule has 3 rings (SSSR count). The van der Waals surface area contributed by atoms with Gasteiger partial charge in [-0.1, -0.05) is 36.4 Å². The first kappa shape index (κ1) is 20.3. The summed E-state index contributed by atoms with van der Waals surface area (Å²) in [5, 5.41) is 0. The highest BCUT2D eigenvalue weighted by Crippen LogP contribution is 2.21. The lowest BCUT2D eigenvalue weighted by Crippen LogP contribution is -2.32. The molecule has 4 nitrogen and oxygen atoms in total. The molecule has 0 N–H and O–H groups in total. The zero-order valence-electron chi connectivity index (χ0n) is 17.1. The largest absolute Gasteiger partial charge is 0.309 e. The quantitative estimate of drug-likeness (QED) is 0.575. The van der Waals surface area contributed by atoms with E-state index in [9.17, 15) is 9.59 Å². The zero-order valence-corrected chi connectivity index (χ0v) is 17.1. The summed E-state index contributed by atoms with van der Waals surface area (Å²) < 4.78 is 0. The van der Waals surface area contributed by atoms with E-state index in [1.54, 1.807) is 34.1 Å². The minimum atomic E-state index is -0.119. The Balaban J connectivity index is 1.90. The third-order valence-corrected chi connectivity index (χ3v) is 4.86. The number of rotatable bonds is 6. The van der Waals surface area contributed by atoms with Crippen LogP contribution in [0.5, 0.6) is 0 Å². The fraction of sp³-hybridized carbons (Fsp3) is 0.200. The topological polar surface area (TPSA) is 40.6 Å². The molecule has 2 amide bonds. The summed E-state index contributed by atoms with van der Waals surface area (Å²) in [7, 11) is 0. The van der Waals surface area contributed by atoms with Crippen molar-refractivity contribution in [2.75, 3.05) is 22.9 Å². The zero-order chi connectivity index (χ0) is 20.8. The van der Waals surface area contributed by atoms with Gasteiger partial charge in [0.05, 0.1) is 0 Å². The average molecular weight is 386 g/mol. The molecule has 0 bridgehead atoms. The number of carbonyl (C=O) groups is 2. The van der Waals surface area contributed by atoms with Crippen molar-refractivity contribution in [3.63, 3.8) is 0 Å². The smallest absolute Gasteiger partial charge is 0.258 e. The number of amides is 2. The third-order valence-electron chi connectivity index (χ3n) is 4.86. The van der Waals surface area contributed by atoms with E-state index in [4.69, 9.17) is 0 Å². The SMILES string of the molecule is CCN(C(=O)c1cccc(C(=O)N(CC)c2cccc(C)c2)c1)c1ccccc1. The van der Waals surface area contributed by atoms with E-state index in [2.05, 4.69) is 0 Å². The fourth-order valence-electron chi connectivity index (χ4n) is 3.39.